The fourth-order valence-corrected chi connectivity index (χ4v) is 3.82. The molecule has 0 unspecified atom stereocenters. The number of aryl methyl sites for hydroxylation is 1. The average Bonchev–Trinajstić information content (AvgIpc) is 2.66. The van der Waals surface area contributed by atoms with Crippen LogP contribution in [0.2, 0.25) is 0 Å². The van der Waals surface area contributed by atoms with Crippen LogP contribution in [0.1, 0.15) is 36.9 Å². The van der Waals surface area contributed by atoms with E-state index >= 15 is 0 Å². The highest BCUT2D eigenvalue weighted by molar-refractivity contribution is 7.99. The smallest absolute Gasteiger partial charge is 0.387 e. The van der Waals surface area contributed by atoms with Gasteiger partial charge in [-0.3, -0.25) is 9.59 Å². The highest BCUT2D eigenvalue weighted by Crippen LogP contribution is 2.21. The number of rotatable bonds is 8. The molecule has 0 spiro atoms. The van der Waals surface area contributed by atoms with Gasteiger partial charge in [0.25, 0.3) is 5.56 Å². The summed E-state index contributed by atoms with van der Waals surface area (Å²) in [5, 5.41) is 3.30. The fourth-order valence-electron chi connectivity index (χ4n) is 2.99. The van der Waals surface area contributed by atoms with Crippen LogP contribution in [0.15, 0.2) is 34.2 Å². The number of carbonyl (C=O) groups excluding carboxylic acids is 1. The van der Waals surface area contributed by atoms with Gasteiger partial charge in [-0.25, -0.2) is 4.98 Å². The van der Waals surface area contributed by atoms with Crippen LogP contribution in [-0.2, 0) is 17.6 Å². The molecular weight excluding hydrogens is 388 g/mol. The number of carbonyl (C=O) groups is 1. The van der Waals surface area contributed by atoms with E-state index in [1.807, 2.05) is 0 Å². The molecule has 2 aromatic rings. The van der Waals surface area contributed by atoms with E-state index in [1.165, 1.54) is 36.0 Å². The van der Waals surface area contributed by atoms with Gasteiger partial charge in [-0.2, -0.15) is 8.78 Å². The molecule has 0 aliphatic heterocycles. The minimum Gasteiger partial charge on any atom is -0.435 e. The van der Waals surface area contributed by atoms with Crippen molar-refractivity contribution in [3.63, 3.8) is 0 Å². The van der Waals surface area contributed by atoms with E-state index in [9.17, 15) is 18.4 Å². The summed E-state index contributed by atoms with van der Waals surface area (Å²) >= 11 is 1.43. The van der Waals surface area contributed by atoms with Crippen LogP contribution >= 0.6 is 11.8 Å². The van der Waals surface area contributed by atoms with E-state index in [0.717, 1.165) is 36.9 Å². The first-order chi connectivity index (χ1) is 13.5. The SMILES string of the molecule is O=C(CCCSc1nc2c(c(=O)[nH]1)CCCC2)Nc1ccc(OC(F)F)cc1. The Morgan fingerprint density at radius 1 is 1.25 bits per heavy atom. The lowest BCUT2D eigenvalue weighted by atomic mass is 9.97. The number of aromatic nitrogens is 2. The van der Waals surface area contributed by atoms with Crippen molar-refractivity contribution in [3.8, 4) is 5.75 Å². The van der Waals surface area contributed by atoms with Gasteiger partial charge in [-0.1, -0.05) is 11.8 Å². The summed E-state index contributed by atoms with van der Waals surface area (Å²) in [5.74, 6) is 0.516. The summed E-state index contributed by atoms with van der Waals surface area (Å²) in [4.78, 5) is 31.4. The number of amides is 1. The van der Waals surface area contributed by atoms with Gasteiger partial charge in [0.2, 0.25) is 5.91 Å². The quantitative estimate of drug-likeness (QED) is 0.394. The van der Waals surface area contributed by atoms with Gasteiger partial charge in [0, 0.05) is 23.4 Å². The number of nitrogens with one attached hydrogen (secondary N) is 2. The zero-order chi connectivity index (χ0) is 19.9. The number of hydrogen-bond acceptors (Lipinski definition) is 5. The normalized spacial score (nSPS) is 13.2. The van der Waals surface area contributed by atoms with Crippen molar-refractivity contribution in [1.82, 2.24) is 9.97 Å². The number of halogens is 2. The van der Waals surface area contributed by atoms with E-state index in [-0.39, 0.29) is 17.2 Å². The number of anilines is 1. The minimum atomic E-state index is -2.88. The summed E-state index contributed by atoms with van der Waals surface area (Å²) in [6.45, 7) is -2.88. The number of ether oxygens (including phenoxy) is 1. The number of benzene rings is 1. The van der Waals surface area contributed by atoms with Crippen molar-refractivity contribution in [2.45, 2.75) is 50.3 Å². The second-order valence-electron chi connectivity index (χ2n) is 6.41. The Kier molecular flexibility index (Phi) is 7.02. The lowest BCUT2D eigenvalue weighted by Crippen LogP contribution is -2.21. The van der Waals surface area contributed by atoms with Crippen molar-refractivity contribution in [3.05, 3.63) is 45.9 Å². The zero-order valence-electron chi connectivity index (χ0n) is 15.2. The van der Waals surface area contributed by atoms with Crippen molar-refractivity contribution >= 4 is 23.4 Å². The largest absolute Gasteiger partial charge is 0.435 e. The summed E-state index contributed by atoms with van der Waals surface area (Å²) in [5.41, 5.74) is 2.17. The Balaban J connectivity index is 1.42. The number of nitrogens with zero attached hydrogens (tertiary/aromatic N) is 1. The first kappa shape index (κ1) is 20.3. The van der Waals surface area contributed by atoms with Gasteiger partial charge in [0.15, 0.2) is 5.16 Å². The van der Waals surface area contributed by atoms with Crippen LogP contribution in [0.3, 0.4) is 0 Å². The van der Waals surface area contributed by atoms with Crippen molar-refractivity contribution in [1.29, 1.82) is 0 Å². The van der Waals surface area contributed by atoms with Gasteiger partial charge in [0.1, 0.15) is 5.75 Å². The van der Waals surface area contributed by atoms with Gasteiger partial charge < -0.3 is 15.0 Å². The van der Waals surface area contributed by atoms with E-state index in [2.05, 4.69) is 20.0 Å². The molecule has 0 bridgehead atoms. The van der Waals surface area contributed by atoms with Gasteiger partial charge in [-0.05, 0) is 56.4 Å². The maximum Gasteiger partial charge on any atom is 0.387 e. The standard InChI is InChI=1S/C19H21F2N3O3S/c20-18(21)27-13-9-7-12(8-10-13)22-16(25)6-3-11-28-19-23-15-5-2-1-4-14(15)17(26)24-19/h7-10,18H,1-6,11H2,(H,22,25)(H,23,24,26). The molecule has 1 aliphatic rings. The lowest BCUT2D eigenvalue weighted by molar-refractivity contribution is -0.116. The molecule has 150 valence electrons. The second-order valence-corrected chi connectivity index (χ2v) is 7.49. The molecule has 28 heavy (non-hydrogen) atoms. The molecule has 0 radical (unpaired) electrons. The lowest BCUT2D eigenvalue weighted by Gasteiger charge is -2.14. The summed E-state index contributed by atoms with van der Waals surface area (Å²) in [6, 6.07) is 5.75. The number of hydrogen-bond donors (Lipinski definition) is 2. The molecule has 1 amide bonds. The first-order valence-electron chi connectivity index (χ1n) is 9.11. The molecule has 3 rings (SSSR count). The summed E-state index contributed by atoms with van der Waals surface area (Å²) in [7, 11) is 0. The molecule has 2 N–H and O–H groups in total. The predicted molar refractivity (Wildman–Crippen MR) is 103 cm³/mol. The maximum absolute atomic E-state index is 12.1. The Morgan fingerprint density at radius 3 is 2.75 bits per heavy atom. The highest BCUT2D eigenvalue weighted by Gasteiger charge is 2.15. The van der Waals surface area contributed by atoms with Crippen molar-refractivity contribution in [2.24, 2.45) is 0 Å². The molecule has 0 fully saturated rings. The first-order valence-corrected chi connectivity index (χ1v) is 10.1. The summed E-state index contributed by atoms with van der Waals surface area (Å²) in [6.07, 6.45) is 4.64. The van der Waals surface area contributed by atoms with Gasteiger partial charge in [0.05, 0.1) is 5.69 Å². The average molecular weight is 409 g/mol. The Hall–Kier alpha value is -2.42. The monoisotopic (exact) mass is 409 g/mol. The second kappa shape index (κ2) is 9.68. The third-order valence-corrected chi connectivity index (χ3v) is 5.28. The Bertz CT molecular complexity index is 872. The molecule has 0 saturated carbocycles. The molecule has 9 heteroatoms. The zero-order valence-corrected chi connectivity index (χ0v) is 16.0. The van der Waals surface area contributed by atoms with Gasteiger partial charge in [-0.15, -0.1) is 0 Å². The number of thioether (sulfide) groups is 1. The number of alkyl halides is 2. The molecule has 6 nitrogen and oxygen atoms in total. The molecule has 0 saturated heterocycles. The maximum atomic E-state index is 12.1. The van der Waals surface area contributed by atoms with E-state index < -0.39 is 6.61 Å². The number of fused-ring (bicyclic) bond motifs is 1. The molecule has 1 aromatic carbocycles. The third-order valence-electron chi connectivity index (χ3n) is 4.32. The molecule has 1 heterocycles. The van der Waals surface area contributed by atoms with Crippen LogP contribution < -0.4 is 15.6 Å². The molecular formula is C19H21F2N3O3S. The van der Waals surface area contributed by atoms with E-state index in [1.54, 1.807) is 0 Å². The van der Waals surface area contributed by atoms with Crippen LogP contribution in [0.5, 0.6) is 5.75 Å². The number of H-pyrrole nitrogens is 1. The van der Waals surface area contributed by atoms with Crippen molar-refractivity contribution < 1.29 is 18.3 Å². The molecule has 1 aromatic heterocycles. The van der Waals surface area contributed by atoms with Crippen LogP contribution in [0.25, 0.3) is 0 Å². The van der Waals surface area contributed by atoms with E-state index in [4.69, 9.17) is 0 Å². The van der Waals surface area contributed by atoms with Gasteiger partial charge >= 0.3 is 6.61 Å². The van der Waals surface area contributed by atoms with E-state index in [0.29, 0.717) is 29.4 Å². The Labute approximate surface area is 165 Å². The number of aromatic amines is 1. The molecule has 0 atom stereocenters. The predicted octanol–water partition coefficient (Wildman–Crippen LogP) is 3.76. The minimum absolute atomic E-state index is 0.0379. The topological polar surface area (TPSA) is 84.1 Å². The fraction of sp³-hybridized carbons (Fsp3) is 0.421. The van der Waals surface area contributed by atoms with Crippen LogP contribution in [0.4, 0.5) is 14.5 Å². The highest BCUT2D eigenvalue weighted by atomic mass is 32.2. The Morgan fingerprint density at radius 2 is 2.00 bits per heavy atom. The van der Waals surface area contributed by atoms with Crippen LogP contribution in [-0.4, -0.2) is 28.2 Å². The summed E-state index contributed by atoms with van der Waals surface area (Å²) < 4.78 is 28.5. The van der Waals surface area contributed by atoms with Crippen molar-refractivity contribution in [2.75, 3.05) is 11.1 Å². The third kappa shape index (κ3) is 5.79. The molecule has 1 aliphatic carbocycles. The van der Waals surface area contributed by atoms with Crippen LogP contribution in [0, 0.1) is 0 Å².